The predicted octanol–water partition coefficient (Wildman–Crippen LogP) is 0.450. The van der Waals surface area contributed by atoms with Gasteiger partial charge in [-0.3, -0.25) is 9.78 Å². The van der Waals surface area contributed by atoms with Crippen molar-refractivity contribution in [3.63, 3.8) is 0 Å². The highest BCUT2D eigenvalue weighted by Gasteiger charge is 2.30. The molecule has 0 atom stereocenters. The van der Waals surface area contributed by atoms with E-state index in [1.165, 1.54) is 0 Å². The van der Waals surface area contributed by atoms with Crippen molar-refractivity contribution in [2.75, 3.05) is 19.6 Å². The second kappa shape index (κ2) is 7.71. The molecule has 1 saturated heterocycles. The SMILES string of the molecule is CCN(Cc1ccncc1)C(=O)c1cn(CC2(O)CCNCC2)nn1. The van der Waals surface area contributed by atoms with E-state index in [-0.39, 0.29) is 5.91 Å². The van der Waals surface area contributed by atoms with Crippen LogP contribution < -0.4 is 5.32 Å². The third-order valence-electron chi connectivity index (χ3n) is 4.54. The molecule has 1 fully saturated rings. The number of rotatable bonds is 6. The van der Waals surface area contributed by atoms with Gasteiger partial charge >= 0.3 is 0 Å². The molecule has 2 N–H and O–H groups in total. The van der Waals surface area contributed by atoms with Crippen LogP contribution in [0.1, 0.15) is 35.8 Å². The first-order chi connectivity index (χ1) is 12.1. The first kappa shape index (κ1) is 17.5. The largest absolute Gasteiger partial charge is 0.388 e. The zero-order valence-electron chi connectivity index (χ0n) is 14.4. The van der Waals surface area contributed by atoms with E-state index in [2.05, 4.69) is 20.6 Å². The van der Waals surface area contributed by atoms with Gasteiger partial charge in [0.2, 0.25) is 0 Å². The summed E-state index contributed by atoms with van der Waals surface area (Å²) in [6.07, 6.45) is 6.38. The van der Waals surface area contributed by atoms with Crippen molar-refractivity contribution in [3.8, 4) is 0 Å². The number of carbonyl (C=O) groups excluding carboxylic acids is 1. The molecule has 3 rings (SSSR count). The Kier molecular flexibility index (Phi) is 5.40. The minimum atomic E-state index is -0.791. The fourth-order valence-corrected chi connectivity index (χ4v) is 3.02. The van der Waals surface area contributed by atoms with Crippen LogP contribution in [0.4, 0.5) is 0 Å². The van der Waals surface area contributed by atoms with Gasteiger partial charge in [-0.25, -0.2) is 4.68 Å². The summed E-state index contributed by atoms with van der Waals surface area (Å²) in [4.78, 5) is 18.4. The highest BCUT2D eigenvalue weighted by Crippen LogP contribution is 2.20. The molecule has 8 nitrogen and oxygen atoms in total. The lowest BCUT2D eigenvalue weighted by molar-refractivity contribution is -0.00866. The summed E-state index contributed by atoms with van der Waals surface area (Å²) in [7, 11) is 0. The second-order valence-electron chi connectivity index (χ2n) is 6.45. The summed E-state index contributed by atoms with van der Waals surface area (Å²) in [6.45, 7) is 4.93. The maximum absolute atomic E-state index is 12.7. The highest BCUT2D eigenvalue weighted by atomic mass is 16.3. The van der Waals surface area contributed by atoms with Crippen LogP contribution in [0.5, 0.6) is 0 Å². The lowest BCUT2D eigenvalue weighted by Crippen LogP contribution is -2.44. The number of carbonyl (C=O) groups is 1. The van der Waals surface area contributed by atoms with Crippen LogP contribution in [-0.2, 0) is 13.1 Å². The van der Waals surface area contributed by atoms with Crippen LogP contribution in [0.3, 0.4) is 0 Å². The monoisotopic (exact) mass is 344 g/mol. The standard InChI is InChI=1S/C17H24N6O2/c1-2-22(11-14-3-7-18-8-4-14)16(24)15-12-23(21-20-15)13-17(25)5-9-19-10-6-17/h3-4,7-8,12,19,25H,2,5-6,9-11,13H2,1H3. The van der Waals surface area contributed by atoms with Gasteiger partial charge in [-0.05, 0) is 50.6 Å². The number of amides is 1. The van der Waals surface area contributed by atoms with E-state index in [9.17, 15) is 9.90 Å². The fraction of sp³-hybridized carbons (Fsp3) is 0.529. The Hall–Kier alpha value is -2.32. The lowest BCUT2D eigenvalue weighted by atomic mass is 9.92. The number of hydrogen-bond acceptors (Lipinski definition) is 6. The zero-order chi connectivity index (χ0) is 17.7. The number of piperidine rings is 1. The Balaban J connectivity index is 1.66. The third kappa shape index (κ3) is 4.40. The molecular weight excluding hydrogens is 320 g/mol. The molecule has 134 valence electrons. The number of aromatic nitrogens is 4. The number of hydrogen-bond donors (Lipinski definition) is 2. The Labute approximate surface area is 146 Å². The first-order valence-electron chi connectivity index (χ1n) is 8.61. The van der Waals surface area contributed by atoms with Gasteiger partial charge < -0.3 is 15.3 Å². The molecule has 0 unspecified atom stereocenters. The van der Waals surface area contributed by atoms with Crippen LogP contribution in [0.15, 0.2) is 30.7 Å². The number of nitrogens with one attached hydrogen (secondary N) is 1. The van der Waals surface area contributed by atoms with Gasteiger partial charge in [0, 0.05) is 25.5 Å². The lowest BCUT2D eigenvalue weighted by Gasteiger charge is -2.32. The molecule has 1 aliphatic rings. The van der Waals surface area contributed by atoms with E-state index in [0.717, 1.165) is 18.7 Å². The molecule has 0 radical (unpaired) electrons. The maximum Gasteiger partial charge on any atom is 0.276 e. The molecule has 1 amide bonds. The Morgan fingerprint density at radius 2 is 2.08 bits per heavy atom. The highest BCUT2D eigenvalue weighted by molar-refractivity contribution is 5.91. The van der Waals surface area contributed by atoms with Crippen LogP contribution >= 0.6 is 0 Å². The van der Waals surface area contributed by atoms with Crippen LogP contribution in [0.2, 0.25) is 0 Å². The molecule has 25 heavy (non-hydrogen) atoms. The normalized spacial score (nSPS) is 16.6. The van der Waals surface area contributed by atoms with Gasteiger partial charge in [-0.2, -0.15) is 0 Å². The number of pyridine rings is 1. The molecule has 0 aliphatic carbocycles. The Bertz CT molecular complexity index is 696. The van der Waals surface area contributed by atoms with Crippen LogP contribution in [0.25, 0.3) is 0 Å². The van der Waals surface area contributed by atoms with Crippen molar-refractivity contribution in [3.05, 3.63) is 42.0 Å². The van der Waals surface area contributed by atoms with E-state index in [4.69, 9.17) is 0 Å². The van der Waals surface area contributed by atoms with Crippen molar-refractivity contribution in [2.24, 2.45) is 0 Å². The van der Waals surface area contributed by atoms with Gasteiger partial charge in [0.1, 0.15) is 0 Å². The molecule has 0 saturated carbocycles. The van der Waals surface area contributed by atoms with E-state index in [1.54, 1.807) is 28.2 Å². The van der Waals surface area contributed by atoms with Crippen molar-refractivity contribution in [1.82, 2.24) is 30.2 Å². The minimum absolute atomic E-state index is 0.164. The van der Waals surface area contributed by atoms with Gasteiger partial charge in [0.05, 0.1) is 18.3 Å². The van der Waals surface area contributed by atoms with Crippen LogP contribution in [-0.4, -0.2) is 61.1 Å². The molecule has 2 aromatic rings. The molecule has 0 aromatic carbocycles. The molecule has 1 aliphatic heterocycles. The van der Waals surface area contributed by atoms with Gasteiger partial charge in [0.15, 0.2) is 5.69 Å². The van der Waals surface area contributed by atoms with Gasteiger partial charge in [-0.15, -0.1) is 5.10 Å². The van der Waals surface area contributed by atoms with Gasteiger partial charge in [0.25, 0.3) is 5.91 Å². The Morgan fingerprint density at radius 3 is 2.76 bits per heavy atom. The van der Waals surface area contributed by atoms with E-state index >= 15 is 0 Å². The minimum Gasteiger partial charge on any atom is -0.388 e. The third-order valence-corrected chi connectivity index (χ3v) is 4.54. The van der Waals surface area contributed by atoms with Crippen molar-refractivity contribution < 1.29 is 9.90 Å². The summed E-state index contributed by atoms with van der Waals surface area (Å²) in [5, 5.41) is 21.9. The van der Waals surface area contributed by atoms with Crippen molar-refractivity contribution in [1.29, 1.82) is 0 Å². The van der Waals surface area contributed by atoms with Crippen molar-refractivity contribution >= 4 is 5.91 Å². The van der Waals surface area contributed by atoms with Gasteiger partial charge in [-0.1, -0.05) is 5.21 Å². The zero-order valence-corrected chi connectivity index (χ0v) is 14.4. The van der Waals surface area contributed by atoms with Crippen LogP contribution in [0, 0.1) is 0 Å². The summed E-state index contributed by atoms with van der Waals surface area (Å²) in [5.74, 6) is -0.164. The molecule has 3 heterocycles. The van der Waals surface area contributed by atoms with E-state index < -0.39 is 5.60 Å². The maximum atomic E-state index is 12.7. The molecule has 0 bridgehead atoms. The van der Waals surface area contributed by atoms with Crippen molar-refractivity contribution in [2.45, 2.75) is 38.5 Å². The number of aliphatic hydroxyl groups is 1. The second-order valence-corrected chi connectivity index (χ2v) is 6.45. The predicted molar refractivity (Wildman–Crippen MR) is 91.7 cm³/mol. The summed E-state index contributed by atoms with van der Waals surface area (Å²) < 4.78 is 1.57. The molecule has 2 aromatic heterocycles. The fourth-order valence-electron chi connectivity index (χ4n) is 3.02. The smallest absolute Gasteiger partial charge is 0.276 e. The number of nitrogens with zero attached hydrogens (tertiary/aromatic N) is 5. The van der Waals surface area contributed by atoms with E-state index in [1.807, 2.05) is 19.1 Å². The topological polar surface area (TPSA) is 96.2 Å². The quantitative estimate of drug-likeness (QED) is 0.790. The summed E-state index contributed by atoms with van der Waals surface area (Å²) in [5.41, 5.74) is 0.524. The Morgan fingerprint density at radius 1 is 1.36 bits per heavy atom. The molecule has 0 spiro atoms. The average molecular weight is 344 g/mol. The molecule has 8 heteroatoms. The average Bonchev–Trinajstić information content (AvgIpc) is 3.08. The van der Waals surface area contributed by atoms with E-state index in [0.29, 0.717) is 38.2 Å². The molecular formula is C17H24N6O2. The summed E-state index contributed by atoms with van der Waals surface area (Å²) >= 11 is 0. The first-order valence-corrected chi connectivity index (χ1v) is 8.61. The summed E-state index contributed by atoms with van der Waals surface area (Å²) in [6, 6.07) is 3.78.